The molecule has 0 radical (unpaired) electrons. The first kappa shape index (κ1) is 23.5. The lowest BCUT2D eigenvalue weighted by Crippen LogP contribution is -2.42. The summed E-state index contributed by atoms with van der Waals surface area (Å²) >= 11 is 1.07. The number of nitrogens with one attached hydrogen (secondary N) is 1. The molecule has 2 fully saturated rings. The summed E-state index contributed by atoms with van der Waals surface area (Å²) < 4.78 is 29.9. The number of carbonyl (C=O) groups is 2. The minimum absolute atomic E-state index is 0.0506. The minimum Gasteiger partial charge on any atom is -0.326 e. The van der Waals surface area contributed by atoms with Crippen molar-refractivity contribution >= 4 is 44.5 Å². The predicted octanol–water partition coefficient (Wildman–Crippen LogP) is 4.35. The van der Waals surface area contributed by atoms with Gasteiger partial charge in [0.2, 0.25) is 11.8 Å². The molecule has 2 aromatic carbocycles. The lowest BCUT2D eigenvalue weighted by atomic mass is 9.94. The van der Waals surface area contributed by atoms with Crippen LogP contribution in [0, 0.1) is 6.92 Å². The molecule has 1 N–H and O–H groups in total. The van der Waals surface area contributed by atoms with Crippen LogP contribution < -0.4 is 5.32 Å². The molecule has 1 saturated heterocycles. The van der Waals surface area contributed by atoms with Gasteiger partial charge in [-0.2, -0.15) is 8.42 Å². The van der Waals surface area contributed by atoms with Crippen molar-refractivity contribution in [1.82, 2.24) is 4.90 Å². The number of benzene rings is 2. The van der Waals surface area contributed by atoms with Crippen molar-refractivity contribution in [3.63, 3.8) is 0 Å². The van der Waals surface area contributed by atoms with E-state index in [1.54, 1.807) is 18.2 Å². The van der Waals surface area contributed by atoms with Crippen molar-refractivity contribution in [2.75, 3.05) is 5.32 Å². The average Bonchev–Trinajstić information content (AvgIpc) is 3.10. The van der Waals surface area contributed by atoms with Crippen LogP contribution in [-0.4, -0.2) is 41.6 Å². The highest BCUT2D eigenvalue weighted by Crippen LogP contribution is 2.36. The summed E-state index contributed by atoms with van der Waals surface area (Å²) in [6.45, 7) is 1.96. The molecule has 2 amide bonds. The van der Waals surface area contributed by atoms with E-state index in [1.165, 1.54) is 17.0 Å². The summed E-state index contributed by atoms with van der Waals surface area (Å²) in [6, 6.07) is 15.3. The van der Waals surface area contributed by atoms with Gasteiger partial charge in [0.15, 0.2) is 5.17 Å². The molecular weight excluding hydrogens is 458 g/mol. The van der Waals surface area contributed by atoms with Crippen LogP contribution in [0.1, 0.15) is 44.1 Å². The summed E-state index contributed by atoms with van der Waals surface area (Å²) in [5, 5.41) is 2.28. The van der Waals surface area contributed by atoms with Gasteiger partial charge in [0, 0.05) is 18.2 Å². The van der Waals surface area contributed by atoms with Gasteiger partial charge in [0.25, 0.3) is 10.0 Å². The second-order valence-corrected chi connectivity index (χ2v) is 11.2. The predicted molar refractivity (Wildman–Crippen MR) is 131 cm³/mol. The minimum atomic E-state index is -3.97. The van der Waals surface area contributed by atoms with Crippen molar-refractivity contribution in [2.24, 2.45) is 4.40 Å². The molecule has 1 aliphatic carbocycles. The number of sulfonamides is 1. The highest BCUT2D eigenvalue weighted by atomic mass is 32.2. The highest BCUT2D eigenvalue weighted by molar-refractivity contribution is 8.16. The smallest absolute Gasteiger partial charge is 0.284 e. The van der Waals surface area contributed by atoms with Crippen molar-refractivity contribution in [3.05, 3.63) is 60.2 Å². The van der Waals surface area contributed by atoms with Gasteiger partial charge in [-0.05, 0) is 44.0 Å². The van der Waals surface area contributed by atoms with Crippen LogP contribution in [0.4, 0.5) is 5.69 Å². The maximum atomic E-state index is 13.3. The molecule has 0 aromatic heterocycles. The van der Waals surface area contributed by atoms with Crippen LogP contribution in [0.2, 0.25) is 0 Å². The fourth-order valence-corrected chi connectivity index (χ4v) is 6.54. The Bertz CT molecular complexity index is 1140. The van der Waals surface area contributed by atoms with Crippen LogP contribution >= 0.6 is 11.8 Å². The first-order valence-electron chi connectivity index (χ1n) is 11.1. The van der Waals surface area contributed by atoms with Crippen molar-refractivity contribution < 1.29 is 18.0 Å². The van der Waals surface area contributed by atoms with E-state index in [2.05, 4.69) is 9.71 Å². The largest absolute Gasteiger partial charge is 0.326 e. The second-order valence-electron chi connectivity index (χ2n) is 8.39. The number of aryl methyl sites for hydroxylation is 1. The molecule has 174 valence electrons. The number of anilines is 1. The number of carbonyl (C=O) groups excluding carboxylic acids is 2. The van der Waals surface area contributed by atoms with Gasteiger partial charge in [-0.1, -0.05) is 66.9 Å². The number of rotatable bonds is 6. The molecule has 1 saturated carbocycles. The number of amides is 2. The maximum Gasteiger partial charge on any atom is 0.284 e. The zero-order chi connectivity index (χ0) is 23.4. The molecule has 4 rings (SSSR count). The topological polar surface area (TPSA) is 95.9 Å². The third-order valence-corrected chi connectivity index (χ3v) is 8.40. The number of thioether (sulfide) groups is 1. The standard InChI is InChI=1S/C24H27N3O4S2/c1-17-12-14-18(15-13-17)25-22(28)16-21-23(29)27(19-8-4-2-5-9-19)24(32-21)26-33(30,31)20-10-6-3-7-11-20/h3,6-7,10-15,19,21H,2,4-5,8-9,16H2,1H3,(H,25,28)/t21-/m0/s1. The fourth-order valence-electron chi connectivity index (χ4n) is 4.12. The molecule has 7 nitrogen and oxygen atoms in total. The number of hydrogen-bond acceptors (Lipinski definition) is 5. The SMILES string of the molecule is Cc1ccc(NC(=O)C[C@@H]2SC(=NS(=O)(=O)c3ccccc3)N(C3CCCCC3)C2=O)cc1. The monoisotopic (exact) mass is 485 g/mol. The van der Waals surface area contributed by atoms with Gasteiger partial charge in [0.1, 0.15) is 5.25 Å². The molecule has 33 heavy (non-hydrogen) atoms. The molecule has 0 unspecified atom stereocenters. The van der Waals surface area contributed by atoms with Crippen molar-refractivity contribution in [3.8, 4) is 0 Å². The molecular formula is C24H27N3O4S2. The quantitative estimate of drug-likeness (QED) is 0.656. The molecule has 2 aliphatic rings. The van der Waals surface area contributed by atoms with Crippen LogP contribution in [0.25, 0.3) is 0 Å². The normalized spacial score (nSPS) is 20.9. The molecule has 0 spiro atoms. The van der Waals surface area contributed by atoms with Crippen LogP contribution in [0.5, 0.6) is 0 Å². The first-order chi connectivity index (χ1) is 15.8. The second kappa shape index (κ2) is 10.1. The Morgan fingerprint density at radius 2 is 1.73 bits per heavy atom. The zero-order valence-corrected chi connectivity index (χ0v) is 20.1. The molecule has 1 heterocycles. The molecule has 0 bridgehead atoms. The summed E-state index contributed by atoms with van der Waals surface area (Å²) in [6.07, 6.45) is 4.62. The van der Waals surface area contributed by atoms with E-state index >= 15 is 0 Å². The van der Waals surface area contributed by atoms with E-state index in [4.69, 9.17) is 0 Å². The Kier molecular flexibility index (Phi) is 7.19. The van der Waals surface area contributed by atoms with E-state index in [0.717, 1.165) is 49.4 Å². The van der Waals surface area contributed by atoms with Gasteiger partial charge >= 0.3 is 0 Å². The lowest BCUT2D eigenvalue weighted by Gasteiger charge is -2.30. The molecule has 2 aromatic rings. The summed E-state index contributed by atoms with van der Waals surface area (Å²) in [5.74, 6) is -0.534. The summed E-state index contributed by atoms with van der Waals surface area (Å²) in [5.41, 5.74) is 1.74. The summed E-state index contributed by atoms with van der Waals surface area (Å²) in [7, 11) is -3.97. The molecule has 9 heteroatoms. The summed E-state index contributed by atoms with van der Waals surface area (Å²) in [4.78, 5) is 27.6. The van der Waals surface area contributed by atoms with Gasteiger partial charge in [0.05, 0.1) is 4.90 Å². The van der Waals surface area contributed by atoms with E-state index < -0.39 is 15.3 Å². The maximum absolute atomic E-state index is 13.3. The van der Waals surface area contributed by atoms with E-state index in [-0.39, 0.29) is 34.3 Å². The Hall–Kier alpha value is -2.65. The number of amidine groups is 1. The van der Waals surface area contributed by atoms with E-state index in [9.17, 15) is 18.0 Å². The Balaban J connectivity index is 1.56. The zero-order valence-electron chi connectivity index (χ0n) is 18.4. The van der Waals surface area contributed by atoms with Crippen LogP contribution in [0.15, 0.2) is 63.9 Å². The van der Waals surface area contributed by atoms with Gasteiger partial charge in [-0.25, -0.2) is 0 Å². The van der Waals surface area contributed by atoms with Crippen molar-refractivity contribution in [2.45, 2.75) is 61.6 Å². The van der Waals surface area contributed by atoms with Crippen LogP contribution in [-0.2, 0) is 19.6 Å². The van der Waals surface area contributed by atoms with Crippen molar-refractivity contribution in [1.29, 1.82) is 0 Å². The first-order valence-corrected chi connectivity index (χ1v) is 13.4. The third kappa shape index (κ3) is 5.65. The van der Waals surface area contributed by atoms with Gasteiger partial charge in [-0.15, -0.1) is 4.40 Å². The molecule has 1 aliphatic heterocycles. The number of nitrogens with zero attached hydrogens (tertiary/aromatic N) is 2. The lowest BCUT2D eigenvalue weighted by molar-refractivity contribution is -0.130. The highest BCUT2D eigenvalue weighted by Gasteiger charge is 2.43. The van der Waals surface area contributed by atoms with E-state index in [0.29, 0.717) is 5.69 Å². The number of hydrogen-bond donors (Lipinski definition) is 1. The Morgan fingerprint density at radius 1 is 1.06 bits per heavy atom. The van der Waals surface area contributed by atoms with E-state index in [1.807, 2.05) is 31.2 Å². The average molecular weight is 486 g/mol. The Labute approximate surface area is 198 Å². The van der Waals surface area contributed by atoms with Gasteiger partial charge < -0.3 is 5.32 Å². The molecule has 1 atom stereocenters. The third-order valence-electron chi connectivity index (χ3n) is 5.85. The fraction of sp³-hybridized carbons (Fsp3) is 0.375. The van der Waals surface area contributed by atoms with Crippen LogP contribution in [0.3, 0.4) is 0 Å². The van der Waals surface area contributed by atoms with Gasteiger partial charge in [-0.3, -0.25) is 14.5 Å². The Morgan fingerprint density at radius 3 is 2.39 bits per heavy atom.